The van der Waals surface area contributed by atoms with E-state index in [-0.39, 0.29) is 0 Å². The van der Waals surface area contributed by atoms with Gasteiger partial charge in [-0.15, -0.1) is 0 Å². The zero-order valence-corrected chi connectivity index (χ0v) is 11.6. The number of hydrogen-bond donors (Lipinski definition) is 4. The Morgan fingerprint density at radius 3 is 2.29 bits per heavy atom. The maximum atomic E-state index is 5.42. The summed E-state index contributed by atoms with van der Waals surface area (Å²) in [6.45, 7) is 8.35. The Hall–Kier alpha value is -0.200. The van der Waals surface area contributed by atoms with Crippen molar-refractivity contribution in [3.05, 3.63) is 0 Å². The highest BCUT2D eigenvalue weighted by Gasteiger charge is 1.97. The summed E-state index contributed by atoms with van der Waals surface area (Å²) in [5, 5.41) is 9.92. The van der Waals surface area contributed by atoms with Gasteiger partial charge >= 0.3 is 0 Å². The quantitative estimate of drug-likeness (QED) is 0.315. The highest BCUT2D eigenvalue weighted by molar-refractivity contribution is 4.57. The largest absolute Gasteiger partial charge is 0.330 e. The van der Waals surface area contributed by atoms with Crippen LogP contribution >= 0.6 is 0 Å². The van der Waals surface area contributed by atoms with Crippen LogP contribution in [0, 0.1) is 0 Å². The Morgan fingerprint density at radius 1 is 0.882 bits per heavy atom. The summed E-state index contributed by atoms with van der Waals surface area (Å²) in [5.41, 5.74) is 5.42. The van der Waals surface area contributed by atoms with Gasteiger partial charge < -0.3 is 26.6 Å². The van der Waals surface area contributed by atoms with Crippen LogP contribution in [0.3, 0.4) is 0 Å². The van der Waals surface area contributed by atoms with Crippen molar-refractivity contribution in [3.8, 4) is 0 Å². The van der Waals surface area contributed by atoms with Crippen LogP contribution in [-0.4, -0.2) is 71.4 Å². The van der Waals surface area contributed by atoms with E-state index >= 15 is 0 Å². The van der Waals surface area contributed by atoms with Crippen LogP contribution in [0.2, 0.25) is 0 Å². The van der Waals surface area contributed by atoms with Crippen LogP contribution in [0.15, 0.2) is 0 Å². The van der Waals surface area contributed by atoms with Gasteiger partial charge in [0.1, 0.15) is 0 Å². The first-order valence-electron chi connectivity index (χ1n) is 6.76. The molecule has 0 saturated carbocycles. The minimum absolute atomic E-state index is 0.779. The van der Waals surface area contributed by atoms with Crippen molar-refractivity contribution in [3.63, 3.8) is 0 Å². The number of rotatable bonds is 13. The molecule has 0 bridgehead atoms. The third-order valence-electron chi connectivity index (χ3n) is 2.67. The van der Waals surface area contributed by atoms with Gasteiger partial charge in [0.15, 0.2) is 0 Å². The van der Waals surface area contributed by atoms with Crippen molar-refractivity contribution < 1.29 is 0 Å². The van der Waals surface area contributed by atoms with E-state index < -0.39 is 0 Å². The third-order valence-corrected chi connectivity index (χ3v) is 2.67. The van der Waals surface area contributed by atoms with E-state index in [2.05, 4.69) is 27.9 Å². The van der Waals surface area contributed by atoms with Gasteiger partial charge in [-0.2, -0.15) is 0 Å². The highest BCUT2D eigenvalue weighted by atomic mass is 15.1. The molecule has 0 heterocycles. The van der Waals surface area contributed by atoms with Gasteiger partial charge in [-0.3, -0.25) is 0 Å². The third kappa shape index (κ3) is 13.7. The van der Waals surface area contributed by atoms with E-state index in [4.69, 9.17) is 5.73 Å². The second kappa shape index (κ2) is 13.9. The molecule has 0 aliphatic rings. The monoisotopic (exact) mass is 245 g/mol. The molecule has 17 heavy (non-hydrogen) atoms. The topological polar surface area (TPSA) is 65.3 Å². The molecule has 0 atom stereocenters. The van der Waals surface area contributed by atoms with Crippen LogP contribution in [0.1, 0.15) is 12.8 Å². The lowest BCUT2D eigenvalue weighted by atomic mass is 10.3. The minimum atomic E-state index is 0.779. The van der Waals surface area contributed by atoms with Crippen molar-refractivity contribution in [2.75, 3.05) is 66.5 Å². The van der Waals surface area contributed by atoms with Crippen molar-refractivity contribution in [1.82, 2.24) is 20.9 Å². The van der Waals surface area contributed by atoms with Crippen LogP contribution < -0.4 is 21.7 Å². The molecule has 104 valence electrons. The molecule has 0 aromatic heterocycles. The van der Waals surface area contributed by atoms with Crippen LogP contribution in [-0.2, 0) is 0 Å². The molecular weight excluding hydrogens is 214 g/mol. The maximum absolute atomic E-state index is 5.42. The molecule has 0 amide bonds. The molecule has 0 aromatic rings. The fourth-order valence-corrected chi connectivity index (χ4v) is 1.55. The van der Waals surface area contributed by atoms with Crippen molar-refractivity contribution >= 4 is 0 Å². The second-order valence-electron chi connectivity index (χ2n) is 4.40. The van der Waals surface area contributed by atoms with E-state index in [1.807, 2.05) is 7.05 Å². The van der Waals surface area contributed by atoms with Gasteiger partial charge in [0, 0.05) is 26.2 Å². The number of nitrogens with one attached hydrogen (secondary N) is 3. The average molecular weight is 245 g/mol. The normalized spacial score (nSPS) is 11.3. The molecule has 0 aromatic carbocycles. The molecule has 5 N–H and O–H groups in total. The van der Waals surface area contributed by atoms with E-state index in [1.54, 1.807) is 0 Å². The molecule has 5 heteroatoms. The molecule has 5 nitrogen and oxygen atoms in total. The molecule has 0 saturated heterocycles. The highest BCUT2D eigenvalue weighted by Crippen LogP contribution is 1.85. The lowest BCUT2D eigenvalue weighted by molar-refractivity contribution is 0.324. The van der Waals surface area contributed by atoms with Gasteiger partial charge in [0.2, 0.25) is 0 Å². The maximum Gasteiger partial charge on any atom is 0.0104 e. The Kier molecular flexibility index (Phi) is 13.7. The first-order valence-corrected chi connectivity index (χ1v) is 6.76. The Bertz CT molecular complexity index is 143. The molecule has 0 fully saturated rings. The molecule has 0 unspecified atom stereocenters. The first kappa shape index (κ1) is 16.8. The Morgan fingerprint density at radius 2 is 1.59 bits per heavy atom. The van der Waals surface area contributed by atoms with Crippen molar-refractivity contribution in [2.45, 2.75) is 12.8 Å². The summed E-state index contributed by atoms with van der Waals surface area (Å²) < 4.78 is 0. The number of nitrogens with two attached hydrogens (primary N) is 1. The van der Waals surface area contributed by atoms with E-state index in [1.165, 1.54) is 6.42 Å². The van der Waals surface area contributed by atoms with E-state index in [0.717, 1.165) is 58.8 Å². The summed E-state index contributed by atoms with van der Waals surface area (Å²) in [6.07, 6.45) is 2.28. The summed E-state index contributed by atoms with van der Waals surface area (Å²) in [4.78, 5) is 2.37. The predicted molar refractivity (Wildman–Crippen MR) is 75.5 cm³/mol. The van der Waals surface area contributed by atoms with Gasteiger partial charge in [-0.25, -0.2) is 0 Å². The summed E-state index contributed by atoms with van der Waals surface area (Å²) in [6, 6.07) is 0. The predicted octanol–water partition coefficient (Wildman–Crippen LogP) is -0.944. The van der Waals surface area contributed by atoms with Crippen molar-refractivity contribution in [1.29, 1.82) is 0 Å². The zero-order chi connectivity index (χ0) is 12.8. The van der Waals surface area contributed by atoms with Crippen molar-refractivity contribution in [2.24, 2.45) is 5.73 Å². The Labute approximate surface area is 107 Å². The van der Waals surface area contributed by atoms with E-state index in [9.17, 15) is 0 Å². The van der Waals surface area contributed by atoms with Gasteiger partial charge in [-0.05, 0) is 53.1 Å². The fraction of sp³-hybridized carbons (Fsp3) is 1.00. The van der Waals surface area contributed by atoms with Crippen LogP contribution in [0.5, 0.6) is 0 Å². The standard InChI is InChI=1S/C12H31N5/c1-14-8-9-15-7-4-11-17(2)12-10-16-6-3-5-13/h14-16H,3-13H2,1-2H3. The fourth-order valence-electron chi connectivity index (χ4n) is 1.55. The first-order chi connectivity index (χ1) is 8.31. The number of nitrogens with zero attached hydrogens (tertiary/aromatic N) is 1. The zero-order valence-electron chi connectivity index (χ0n) is 11.6. The minimum Gasteiger partial charge on any atom is -0.330 e. The summed E-state index contributed by atoms with van der Waals surface area (Å²) in [5.74, 6) is 0. The molecular formula is C12H31N5. The smallest absolute Gasteiger partial charge is 0.0104 e. The molecule has 0 aliphatic carbocycles. The van der Waals surface area contributed by atoms with Crippen LogP contribution in [0.4, 0.5) is 0 Å². The Balaban J connectivity index is 3.09. The SMILES string of the molecule is CNCCNCCCN(C)CCNCCCN. The molecule has 0 spiro atoms. The van der Waals surface area contributed by atoms with Crippen LogP contribution in [0.25, 0.3) is 0 Å². The molecule has 0 radical (unpaired) electrons. The van der Waals surface area contributed by atoms with Gasteiger partial charge in [0.05, 0.1) is 0 Å². The number of likely N-dealkylation sites (N-methyl/N-ethyl adjacent to an activating group) is 2. The molecule has 0 aliphatic heterocycles. The number of hydrogen-bond acceptors (Lipinski definition) is 5. The average Bonchev–Trinajstić information content (AvgIpc) is 2.33. The second-order valence-corrected chi connectivity index (χ2v) is 4.40. The summed E-state index contributed by atoms with van der Waals surface area (Å²) in [7, 11) is 4.16. The van der Waals surface area contributed by atoms with Gasteiger partial charge in [0.25, 0.3) is 0 Å². The van der Waals surface area contributed by atoms with E-state index in [0.29, 0.717) is 0 Å². The van der Waals surface area contributed by atoms with Gasteiger partial charge in [-0.1, -0.05) is 0 Å². The lowest BCUT2D eigenvalue weighted by Gasteiger charge is -2.17. The molecule has 0 rings (SSSR count). The lowest BCUT2D eigenvalue weighted by Crippen LogP contribution is -2.32. The summed E-state index contributed by atoms with van der Waals surface area (Å²) >= 11 is 0.